The van der Waals surface area contributed by atoms with E-state index in [9.17, 15) is 4.79 Å². The smallest absolute Gasteiger partial charge is 0.200 e. The van der Waals surface area contributed by atoms with Gasteiger partial charge in [-0.05, 0) is 69.8 Å². The molecule has 0 saturated heterocycles. The summed E-state index contributed by atoms with van der Waals surface area (Å²) < 4.78 is 2.81. The Kier molecular flexibility index (Phi) is 5.16. The van der Waals surface area contributed by atoms with Gasteiger partial charge in [0.2, 0.25) is 0 Å². The first kappa shape index (κ1) is 17.4. The molecule has 0 N–H and O–H groups in total. The molecule has 0 aliphatic heterocycles. The minimum absolute atomic E-state index is 0.477. The predicted molar refractivity (Wildman–Crippen MR) is 106 cm³/mol. The first-order chi connectivity index (χ1) is 12.8. The fourth-order valence-electron chi connectivity index (χ4n) is 3.72. The maximum atomic E-state index is 10.7. The quantitative estimate of drug-likeness (QED) is 0.633. The molecule has 0 unspecified atom stereocenters. The lowest BCUT2D eigenvalue weighted by Gasteiger charge is -2.16. The summed E-state index contributed by atoms with van der Waals surface area (Å²) in [6.45, 7) is 0.804. The summed E-state index contributed by atoms with van der Waals surface area (Å²) in [6, 6.07) is 4.64. The van der Waals surface area contributed by atoms with E-state index in [0.29, 0.717) is 12.8 Å². The molecule has 2 aromatic rings. The van der Waals surface area contributed by atoms with E-state index in [-0.39, 0.29) is 0 Å². The highest BCUT2D eigenvalue weighted by molar-refractivity contribution is 9.10. The fourth-order valence-corrected chi connectivity index (χ4v) is 4.18. The number of aromatic nitrogens is 3. The lowest BCUT2D eigenvalue weighted by Crippen LogP contribution is -2.09. The lowest BCUT2D eigenvalue weighted by atomic mass is 9.90. The molecule has 134 valence electrons. The minimum atomic E-state index is 0.477. The molecule has 1 aromatic heterocycles. The van der Waals surface area contributed by atoms with Gasteiger partial charge in [0, 0.05) is 19.4 Å². The first-order valence-electron chi connectivity index (χ1n) is 9.27. The fraction of sp³-hybridized carbons (Fsp3) is 0.381. The Hall–Kier alpha value is -2.01. The van der Waals surface area contributed by atoms with Crippen LogP contribution >= 0.6 is 15.9 Å². The van der Waals surface area contributed by atoms with Crippen LogP contribution in [0, 0.1) is 0 Å². The monoisotopic (exact) mass is 411 g/mol. The Bertz CT molecular complexity index is 878. The maximum absolute atomic E-state index is 10.7. The van der Waals surface area contributed by atoms with Crippen LogP contribution in [0.1, 0.15) is 53.3 Å². The van der Waals surface area contributed by atoms with Gasteiger partial charge in [-0.15, -0.1) is 10.2 Å². The maximum Gasteiger partial charge on any atom is 0.200 e. The largest absolute Gasteiger partial charge is 0.305 e. The van der Waals surface area contributed by atoms with E-state index < -0.39 is 0 Å². The zero-order valence-electron chi connectivity index (χ0n) is 14.7. The number of allylic oxidation sites excluding steroid dienone is 3. The molecule has 5 heteroatoms. The zero-order valence-corrected chi connectivity index (χ0v) is 16.3. The van der Waals surface area contributed by atoms with Gasteiger partial charge in [0.15, 0.2) is 4.73 Å². The lowest BCUT2D eigenvalue weighted by molar-refractivity contribution is -0.107. The number of hydrogen-bond donors (Lipinski definition) is 0. The Morgan fingerprint density at radius 3 is 2.88 bits per heavy atom. The molecule has 0 amide bonds. The third kappa shape index (κ3) is 3.58. The summed E-state index contributed by atoms with van der Waals surface area (Å²) in [4.78, 5) is 10.7. The molecule has 1 heterocycles. The van der Waals surface area contributed by atoms with Crippen molar-refractivity contribution in [3.63, 3.8) is 0 Å². The SMILES string of the molecule is O=CCCc1nnc(Br)n1CCc1ccc(C2CC2)c2c1C=CC=CC2. The van der Waals surface area contributed by atoms with Crippen LogP contribution in [0.5, 0.6) is 0 Å². The molecule has 0 spiro atoms. The van der Waals surface area contributed by atoms with E-state index >= 15 is 0 Å². The summed E-state index contributed by atoms with van der Waals surface area (Å²) in [5.41, 5.74) is 5.79. The van der Waals surface area contributed by atoms with Crippen molar-refractivity contribution < 1.29 is 4.79 Å². The highest BCUT2D eigenvalue weighted by Gasteiger charge is 2.27. The van der Waals surface area contributed by atoms with Crippen LogP contribution in [0.2, 0.25) is 0 Å². The van der Waals surface area contributed by atoms with E-state index in [2.05, 4.69) is 67.1 Å². The van der Waals surface area contributed by atoms with E-state index in [1.807, 2.05) is 0 Å². The predicted octanol–water partition coefficient (Wildman–Crippen LogP) is 4.42. The second kappa shape index (κ2) is 7.70. The number of carbonyl (C=O) groups is 1. The van der Waals surface area contributed by atoms with Crippen LogP contribution in [0.3, 0.4) is 0 Å². The number of hydrogen-bond acceptors (Lipinski definition) is 3. The van der Waals surface area contributed by atoms with Crippen LogP contribution in [-0.2, 0) is 30.6 Å². The van der Waals surface area contributed by atoms with Crippen molar-refractivity contribution in [3.05, 3.63) is 63.2 Å². The number of aldehydes is 1. The molecule has 0 radical (unpaired) electrons. The zero-order chi connectivity index (χ0) is 17.9. The van der Waals surface area contributed by atoms with Gasteiger partial charge in [0.25, 0.3) is 0 Å². The molecule has 4 nitrogen and oxygen atoms in total. The summed E-state index contributed by atoms with van der Waals surface area (Å²) in [5.74, 6) is 1.63. The number of aryl methyl sites for hydroxylation is 2. The average molecular weight is 412 g/mol. The van der Waals surface area contributed by atoms with Crippen LogP contribution in [0.25, 0.3) is 6.08 Å². The second-order valence-corrected chi connectivity index (χ2v) is 7.67. The highest BCUT2D eigenvalue weighted by atomic mass is 79.9. The van der Waals surface area contributed by atoms with Gasteiger partial charge >= 0.3 is 0 Å². The van der Waals surface area contributed by atoms with Crippen LogP contribution < -0.4 is 0 Å². The van der Waals surface area contributed by atoms with Crippen molar-refractivity contribution >= 4 is 28.3 Å². The Morgan fingerprint density at radius 1 is 1.19 bits per heavy atom. The number of halogens is 1. The Morgan fingerprint density at radius 2 is 2.08 bits per heavy atom. The molecule has 4 rings (SSSR count). The number of benzene rings is 1. The van der Waals surface area contributed by atoms with Gasteiger partial charge in [-0.25, -0.2) is 0 Å². The molecule has 0 atom stereocenters. The van der Waals surface area contributed by atoms with Crippen molar-refractivity contribution in [2.24, 2.45) is 0 Å². The van der Waals surface area contributed by atoms with Gasteiger partial charge in [-0.3, -0.25) is 0 Å². The average Bonchev–Trinajstić information content (AvgIpc) is 3.45. The molecule has 0 bridgehead atoms. The highest BCUT2D eigenvalue weighted by Crippen LogP contribution is 2.43. The summed E-state index contributed by atoms with van der Waals surface area (Å²) in [5, 5.41) is 8.32. The third-order valence-corrected chi connectivity index (χ3v) is 5.79. The van der Waals surface area contributed by atoms with E-state index in [0.717, 1.165) is 42.1 Å². The summed E-state index contributed by atoms with van der Waals surface area (Å²) >= 11 is 3.49. The summed E-state index contributed by atoms with van der Waals surface area (Å²) in [7, 11) is 0. The molecule has 26 heavy (non-hydrogen) atoms. The standard InChI is InChI=1S/C21H22BrN3O/c22-21-24-23-20(7-4-14-26)25(21)13-12-16-10-11-18(15-8-9-15)19-6-3-1-2-5-17(16)19/h1-3,5,10-11,14-15H,4,6-9,12-13H2. The molecular weight excluding hydrogens is 390 g/mol. The number of carbonyl (C=O) groups excluding carboxylic acids is 1. The van der Waals surface area contributed by atoms with Crippen molar-refractivity contribution in [2.45, 2.75) is 51.0 Å². The van der Waals surface area contributed by atoms with Gasteiger partial charge in [-0.1, -0.05) is 36.4 Å². The molecule has 1 fully saturated rings. The van der Waals surface area contributed by atoms with Crippen LogP contribution in [-0.4, -0.2) is 21.1 Å². The van der Waals surface area contributed by atoms with Crippen LogP contribution in [0.4, 0.5) is 0 Å². The minimum Gasteiger partial charge on any atom is -0.305 e. The van der Waals surface area contributed by atoms with Gasteiger partial charge < -0.3 is 9.36 Å². The molecule has 2 aliphatic rings. The summed E-state index contributed by atoms with van der Waals surface area (Å²) in [6.07, 6.45) is 15.4. The second-order valence-electron chi connectivity index (χ2n) is 6.96. The van der Waals surface area contributed by atoms with Crippen molar-refractivity contribution in [1.82, 2.24) is 14.8 Å². The third-order valence-electron chi connectivity index (χ3n) is 5.21. The molecule has 1 saturated carbocycles. The normalized spacial score (nSPS) is 15.7. The van der Waals surface area contributed by atoms with Crippen molar-refractivity contribution in [3.8, 4) is 0 Å². The molecule has 1 aromatic carbocycles. The molecule has 2 aliphatic carbocycles. The number of nitrogens with zero attached hydrogens (tertiary/aromatic N) is 3. The number of rotatable bonds is 7. The Labute approximate surface area is 162 Å². The van der Waals surface area contributed by atoms with Gasteiger partial charge in [0.05, 0.1) is 0 Å². The van der Waals surface area contributed by atoms with E-state index in [4.69, 9.17) is 0 Å². The van der Waals surface area contributed by atoms with Crippen LogP contribution in [0.15, 0.2) is 35.1 Å². The first-order valence-corrected chi connectivity index (χ1v) is 10.1. The van der Waals surface area contributed by atoms with Gasteiger partial charge in [-0.2, -0.15) is 0 Å². The molecular formula is C21H22BrN3O. The van der Waals surface area contributed by atoms with E-state index in [1.54, 1.807) is 0 Å². The van der Waals surface area contributed by atoms with E-state index in [1.165, 1.54) is 35.1 Å². The van der Waals surface area contributed by atoms with Crippen molar-refractivity contribution in [1.29, 1.82) is 0 Å². The van der Waals surface area contributed by atoms with Gasteiger partial charge in [0.1, 0.15) is 12.1 Å². The number of fused-ring (bicyclic) bond motifs is 1. The Balaban J connectivity index is 1.60. The topological polar surface area (TPSA) is 47.8 Å². The van der Waals surface area contributed by atoms with Crippen molar-refractivity contribution in [2.75, 3.05) is 0 Å².